The first kappa shape index (κ1) is 13.3. The Hall–Kier alpha value is -0.780. The van der Waals surface area contributed by atoms with Gasteiger partial charge in [0.25, 0.3) is 0 Å². The molecule has 90 valence electrons. The Morgan fingerprint density at radius 2 is 2.19 bits per heavy atom. The zero-order valence-corrected chi connectivity index (χ0v) is 10.9. The van der Waals surface area contributed by atoms with Gasteiger partial charge in [0, 0.05) is 10.0 Å². The molecule has 0 aromatic heterocycles. The molecule has 0 bridgehead atoms. The summed E-state index contributed by atoms with van der Waals surface area (Å²) >= 11 is 3.39. The van der Waals surface area contributed by atoms with E-state index in [2.05, 4.69) is 15.9 Å². The van der Waals surface area contributed by atoms with Gasteiger partial charge in [-0.15, -0.1) is 0 Å². The third-order valence-electron chi connectivity index (χ3n) is 2.48. The van der Waals surface area contributed by atoms with Gasteiger partial charge < -0.3 is 20.7 Å². The molecule has 0 heterocycles. The summed E-state index contributed by atoms with van der Waals surface area (Å²) < 4.78 is 5.80. The Labute approximate surface area is 103 Å². The normalized spacial score (nSPS) is 12.6. The summed E-state index contributed by atoms with van der Waals surface area (Å²) in [6.45, 7) is 1.76. The van der Waals surface area contributed by atoms with E-state index in [4.69, 9.17) is 15.6 Å². The summed E-state index contributed by atoms with van der Waals surface area (Å²) in [6.07, 6.45) is 0.780. The minimum absolute atomic E-state index is 0.0203. The highest BCUT2D eigenvalue weighted by molar-refractivity contribution is 9.10. The molecule has 5 heteroatoms. The molecule has 0 saturated carbocycles. The molecule has 0 saturated heterocycles. The van der Waals surface area contributed by atoms with Gasteiger partial charge in [-0.1, -0.05) is 22.9 Å². The van der Waals surface area contributed by atoms with Gasteiger partial charge in [0.05, 0.1) is 19.8 Å². The fraction of sp³-hybridized carbons (Fsp3) is 0.455. The summed E-state index contributed by atoms with van der Waals surface area (Å²) in [4.78, 5) is 0. The van der Waals surface area contributed by atoms with Crippen LogP contribution in [0.2, 0.25) is 0 Å². The molecular formula is C11H16BrNO3. The molecule has 1 aromatic carbocycles. The van der Waals surface area contributed by atoms with E-state index in [1.54, 1.807) is 6.07 Å². The van der Waals surface area contributed by atoms with Crippen LogP contribution in [-0.4, -0.2) is 23.9 Å². The molecule has 0 aliphatic heterocycles. The number of nitrogens with two attached hydrogens (primary N) is 1. The van der Waals surface area contributed by atoms with E-state index in [9.17, 15) is 5.11 Å². The lowest BCUT2D eigenvalue weighted by atomic mass is 10.0. The van der Waals surface area contributed by atoms with Crippen LogP contribution in [0.3, 0.4) is 0 Å². The standard InChI is InChI=1S/C11H16BrNO3/c1-3-6-4-8(16-2)11(15)9(10(6)12)7(13)5-14/h4,7,14-15H,3,5,13H2,1-2H3. The van der Waals surface area contributed by atoms with Gasteiger partial charge in [0.2, 0.25) is 0 Å². The molecule has 0 spiro atoms. The van der Waals surface area contributed by atoms with Gasteiger partial charge in [-0.05, 0) is 18.1 Å². The maximum absolute atomic E-state index is 9.95. The van der Waals surface area contributed by atoms with E-state index in [-0.39, 0.29) is 12.4 Å². The topological polar surface area (TPSA) is 75.7 Å². The predicted octanol–water partition coefficient (Wildman–Crippen LogP) is 1.72. The van der Waals surface area contributed by atoms with Crippen LogP contribution in [0.25, 0.3) is 0 Å². The zero-order valence-electron chi connectivity index (χ0n) is 9.33. The predicted molar refractivity (Wildman–Crippen MR) is 65.8 cm³/mol. The number of phenolic OH excluding ortho intramolecular Hbond substituents is 1. The number of aromatic hydroxyl groups is 1. The lowest BCUT2D eigenvalue weighted by Crippen LogP contribution is -2.16. The summed E-state index contributed by atoms with van der Waals surface area (Å²) in [5.74, 6) is 0.354. The Kier molecular flexibility index (Phi) is 4.58. The minimum Gasteiger partial charge on any atom is -0.504 e. The summed E-state index contributed by atoms with van der Waals surface area (Å²) in [6, 6.07) is 1.13. The number of hydrogen-bond donors (Lipinski definition) is 3. The molecular weight excluding hydrogens is 274 g/mol. The maximum Gasteiger partial charge on any atom is 0.163 e. The maximum atomic E-state index is 9.95. The van der Waals surface area contributed by atoms with Crippen molar-refractivity contribution in [2.45, 2.75) is 19.4 Å². The largest absolute Gasteiger partial charge is 0.504 e. The number of aliphatic hydroxyl groups excluding tert-OH is 1. The zero-order chi connectivity index (χ0) is 12.3. The first-order valence-corrected chi connectivity index (χ1v) is 5.80. The average molecular weight is 290 g/mol. The Morgan fingerprint density at radius 3 is 2.62 bits per heavy atom. The summed E-state index contributed by atoms with van der Waals surface area (Å²) in [5, 5.41) is 19.0. The van der Waals surface area contributed by atoms with Gasteiger partial charge in [-0.3, -0.25) is 0 Å². The lowest BCUT2D eigenvalue weighted by molar-refractivity contribution is 0.263. The smallest absolute Gasteiger partial charge is 0.163 e. The quantitative estimate of drug-likeness (QED) is 0.789. The Bertz CT molecular complexity index is 354. The molecule has 0 aliphatic rings. The van der Waals surface area contributed by atoms with E-state index in [1.165, 1.54) is 7.11 Å². The van der Waals surface area contributed by atoms with E-state index in [0.29, 0.717) is 11.3 Å². The fourth-order valence-electron chi connectivity index (χ4n) is 1.54. The van der Waals surface area contributed by atoms with Crippen molar-refractivity contribution < 1.29 is 14.9 Å². The number of rotatable bonds is 4. The number of methoxy groups -OCH3 is 1. The van der Waals surface area contributed by atoms with Crippen LogP contribution in [-0.2, 0) is 6.42 Å². The van der Waals surface area contributed by atoms with Crippen LogP contribution in [0, 0.1) is 0 Å². The molecule has 0 radical (unpaired) electrons. The molecule has 1 unspecified atom stereocenters. The van der Waals surface area contributed by atoms with E-state index in [0.717, 1.165) is 16.5 Å². The highest BCUT2D eigenvalue weighted by Crippen LogP contribution is 2.40. The van der Waals surface area contributed by atoms with Crippen LogP contribution in [0.15, 0.2) is 10.5 Å². The van der Waals surface area contributed by atoms with Crippen molar-refractivity contribution in [3.63, 3.8) is 0 Å². The minimum atomic E-state index is -0.630. The van der Waals surface area contributed by atoms with Crippen LogP contribution >= 0.6 is 15.9 Å². The lowest BCUT2D eigenvalue weighted by Gasteiger charge is -2.18. The second-order valence-corrected chi connectivity index (χ2v) is 4.25. The molecule has 0 amide bonds. The van der Waals surface area contributed by atoms with Gasteiger partial charge in [0.1, 0.15) is 0 Å². The second kappa shape index (κ2) is 5.52. The van der Waals surface area contributed by atoms with Crippen molar-refractivity contribution in [1.82, 2.24) is 0 Å². The number of ether oxygens (including phenoxy) is 1. The molecule has 4 nitrogen and oxygen atoms in total. The molecule has 1 rings (SSSR count). The third kappa shape index (κ3) is 2.31. The number of benzene rings is 1. The van der Waals surface area contributed by atoms with E-state index in [1.807, 2.05) is 6.92 Å². The number of phenols is 1. The fourth-order valence-corrected chi connectivity index (χ4v) is 2.42. The molecule has 1 atom stereocenters. The van der Waals surface area contributed by atoms with Crippen LogP contribution in [0.5, 0.6) is 11.5 Å². The summed E-state index contributed by atoms with van der Waals surface area (Å²) in [5.41, 5.74) is 7.21. The molecule has 0 fully saturated rings. The van der Waals surface area contributed by atoms with Crippen LogP contribution in [0.4, 0.5) is 0 Å². The van der Waals surface area contributed by atoms with E-state index >= 15 is 0 Å². The van der Waals surface area contributed by atoms with E-state index < -0.39 is 6.04 Å². The highest BCUT2D eigenvalue weighted by atomic mass is 79.9. The Morgan fingerprint density at radius 1 is 1.56 bits per heavy atom. The third-order valence-corrected chi connectivity index (χ3v) is 3.42. The first-order valence-electron chi connectivity index (χ1n) is 5.01. The molecule has 0 aliphatic carbocycles. The summed E-state index contributed by atoms with van der Waals surface area (Å²) in [7, 11) is 1.48. The SMILES string of the molecule is CCc1cc(OC)c(O)c(C(N)CO)c1Br. The van der Waals surface area contributed by atoms with Gasteiger partial charge in [-0.2, -0.15) is 0 Å². The Balaban J connectivity index is 3.43. The van der Waals surface area contributed by atoms with Gasteiger partial charge in [-0.25, -0.2) is 0 Å². The van der Waals surface area contributed by atoms with Crippen molar-refractivity contribution in [3.8, 4) is 11.5 Å². The monoisotopic (exact) mass is 289 g/mol. The number of aliphatic hydroxyl groups is 1. The van der Waals surface area contributed by atoms with Gasteiger partial charge >= 0.3 is 0 Å². The van der Waals surface area contributed by atoms with Crippen molar-refractivity contribution in [1.29, 1.82) is 0 Å². The van der Waals surface area contributed by atoms with Gasteiger partial charge in [0.15, 0.2) is 11.5 Å². The average Bonchev–Trinajstić information content (AvgIpc) is 2.29. The number of hydrogen-bond acceptors (Lipinski definition) is 4. The van der Waals surface area contributed by atoms with Crippen LogP contribution < -0.4 is 10.5 Å². The molecule has 4 N–H and O–H groups in total. The van der Waals surface area contributed by atoms with Crippen LogP contribution in [0.1, 0.15) is 24.1 Å². The van der Waals surface area contributed by atoms with Crippen molar-refractivity contribution in [2.75, 3.05) is 13.7 Å². The number of aryl methyl sites for hydroxylation is 1. The first-order chi connectivity index (χ1) is 7.56. The molecule has 16 heavy (non-hydrogen) atoms. The highest BCUT2D eigenvalue weighted by Gasteiger charge is 2.20. The van der Waals surface area contributed by atoms with Crippen molar-refractivity contribution in [2.24, 2.45) is 5.73 Å². The second-order valence-electron chi connectivity index (χ2n) is 3.46. The number of halogens is 1. The molecule has 1 aromatic rings. The van der Waals surface area contributed by atoms with Crippen molar-refractivity contribution >= 4 is 15.9 Å². The van der Waals surface area contributed by atoms with Crippen molar-refractivity contribution in [3.05, 3.63) is 21.7 Å².